The molecule has 3 unspecified atom stereocenters. The van der Waals surface area contributed by atoms with Gasteiger partial charge < -0.3 is 10.2 Å². The molecule has 0 bridgehead atoms. The van der Waals surface area contributed by atoms with Crippen molar-refractivity contribution in [1.29, 1.82) is 0 Å². The molecule has 0 aliphatic carbocycles. The van der Waals surface area contributed by atoms with Gasteiger partial charge in [0.15, 0.2) is 0 Å². The lowest BCUT2D eigenvalue weighted by Gasteiger charge is -2.39. The molecule has 1 saturated heterocycles. The minimum absolute atomic E-state index is 0.0260. The Bertz CT molecular complexity index is 489. The Kier molecular flexibility index (Phi) is 5.33. The number of nitrogens with zero attached hydrogens (tertiary/aromatic N) is 2. The number of carbonyl (C=O) groups excluding carboxylic acids is 2. The smallest absolute Gasteiger partial charge is 0.245 e. The normalized spacial score (nSPS) is 24.0. The van der Waals surface area contributed by atoms with Gasteiger partial charge in [-0.1, -0.05) is 27.2 Å². The van der Waals surface area contributed by atoms with E-state index in [9.17, 15) is 9.59 Å². The molecular formula is C15H23N3O2S. The van der Waals surface area contributed by atoms with Gasteiger partial charge in [0.05, 0.1) is 5.01 Å². The lowest BCUT2D eigenvalue weighted by Crippen LogP contribution is -2.63. The molecule has 1 fully saturated rings. The first-order valence-electron chi connectivity index (χ1n) is 7.58. The fraction of sp³-hybridized carbons (Fsp3) is 0.667. The minimum Gasteiger partial charge on any atom is -0.343 e. The quantitative estimate of drug-likeness (QED) is 0.876. The number of hydrogen-bond acceptors (Lipinski definition) is 4. The van der Waals surface area contributed by atoms with Crippen LogP contribution in [0.1, 0.15) is 51.0 Å². The highest BCUT2D eigenvalue weighted by atomic mass is 32.1. The van der Waals surface area contributed by atoms with E-state index >= 15 is 0 Å². The van der Waals surface area contributed by atoms with Crippen LogP contribution >= 0.6 is 11.3 Å². The van der Waals surface area contributed by atoms with Gasteiger partial charge in [0.25, 0.3) is 0 Å². The van der Waals surface area contributed by atoms with E-state index in [0.29, 0.717) is 19.4 Å². The van der Waals surface area contributed by atoms with Crippen molar-refractivity contribution in [1.82, 2.24) is 15.2 Å². The zero-order chi connectivity index (χ0) is 15.4. The molecule has 2 heterocycles. The standard InChI is InChI=1S/C15H23N3O2S/c1-4-6-11-15(20)18(12(5-2)13(19)17-11)9-10(3)14-16-7-8-21-14/h7-8,10-12H,4-6,9H2,1-3H3,(H,17,19). The van der Waals surface area contributed by atoms with Gasteiger partial charge in [0.1, 0.15) is 12.1 Å². The van der Waals surface area contributed by atoms with Crippen LogP contribution in [0.4, 0.5) is 0 Å². The van der Waals surface area contributed by atoms with Crippen LogP contribution in [0.5, 0.6) is 0 Å². The zero-order valence-electron chi connectivity index (χ0n) is 12.8. The first-order chi connectivity index (χ1) is 10.1. The molecule has 2 amide bonds. The number of rotatable bonds is 6. The van der Waals surface area contributed by atoms with Gasteiger partial charge in [-0.2, -0.15) is 0 Å². The van der Waals surface area contributed by atoms with E-state index in [-0.39, 0.29) is 29.8 Å². The van der Waals surface area contributed by atoms with Crippen molar-refractivity contribution in [3.05, 3.63) is 16.6 Å². The van der Waals surface area contributed by atoms with Crippen molar-refractivity contribution in [3.8, 4) is 0 Å². The molecule has 0 radical (unpaired) electrons. The van der Waals surface area contributed by atoms with Crippen molar-refractivity contribution < 1.29 is 9.59 Å². The summed E-state index contributed by atoms with van der Waals surface area (Å²) in [7, 11) is 0. The van der Waals surface area contributed by atoms with Crippen molar-refractivity contribution in [2.75, 3.05) is 6.54 Å². The number of hydrogen-bond donors (Lipinski definition) is 1. The molecule has 0 spiro atoms. The topological polar surface area (TPSA) is 62.3 Å². The second-order valence-electron chi connectivity index (χ2n) is 5.54. The molecular weight excluding hydrogens is 286 g/mol. The van der Waals surface area contributed by atoms with Crippen LogP contribution < -0.4 is 5.32 Å². The third kappa shape index (κ3) is 3.43. The van der Waals surface area contributed by atoms with Crippen LogP contribution in [0.25, 0.3) is 0 Å². The number of thiazole rings is 1. The van der Waals surface area contributed by atoms with Crippen molar-refractivity contribution in [3.63, 3.8) is 0 Å². The lowest BCUT2D eigenvalue weighted by molar-refractivity contribution is -0.149. The van der Waals surface area contributed by atoms with Gasteiger partial charge in [0.2, 0.25) is 11.8 Å². The van der Waals surface area contributed by atoms with E-state index in [1.807, 2.05) is 19.2 Å². The average molecular weight is 309 g/mol. The summed E-state index contributed by atoms with van der Waals surface area (Å²) in [4.78, 5) is 30.9. The van der Waals surface area contributed by atoms with E-state index in [0.717, 1.165) is 11.4 Å². The second kappa shape index (κ2) is 7.02. The van der Waals surface area contributed by atoms with Crippen LogP contribution in [-0.2, 0) is 9.59 Å². The summed E-state index contributed by atoms with van der Waals surface area (Å²) < 4.78 is 0. The molecule has 1 aliphatic heterocycles. The summed E-state index contributed by atoms with van der Waals surface area (Å²) in [6, 6.07) is -0.721. The van der Waals surface area contributed by atoms with Gasteiger partial charge in [-0.15, -0.1) is 11.3 Å². The van der Waals surface area contributed by atoms with Crippen LogP contribution in [0.3, 0.4) is 0 Å². The summed E-state index contributed by atoms with van der Waals surface area (Å²) >= 11 is 1.59. The van der Waals surface area contributed by atoms with Crippen LogP contribution in [-0.4, -0.2) is 40.3 Å². The summed E-state index contributed by atoms with van der Waals surface area (Å²) in [6.07, 6.45) is 3.99. The minimum atomic E-state index is -0.367. The van der Waals surface area contributed by atoms with E-state index in [2.05, 4.69) is 17.2 Å². The number of carbonyl (C=O) groups is 2. The van der Waals surface area contributed by atoms with Crippen LogP contribution in [0.2, 0.25) is 0 Å². The Hall–Kier alpha value is -1.43. The van der Waals surface area contributed by atoms with Crippen molar-refractivity contribution in [2.45, 2.75) is 58.0 Å². The molecule has 2 rings (SSSR count). The molecule has 21 heavy (non-hydrogen) atoms. The summed E-state index contributed by atoms with van der Waals surface area (Å²) in [5, 5.41) is 5.81. The van der Waals surface area contributed by atoms with Gasteiger partial charge in [-0.05, 0) is 12.8 Å². The van der Waals surface area contributed by atoms with Crippen molar-refractivity contribution >= 4 is 23.2 Å². The first-order valence-corrected chi connectivity index (χ1v) is 8.46. The molecule has 1 aliphatic rings. The number of aromatic nitrogens is 1. The lowest BCUT2D eigenvalue weighted by atomic mass is 10.00. The van der Waals surface area contributed by atoms with Gasteiger partial charge in [0, 0.05) is 24.0 Å². The Balaban J connectivity index is 2.15. The summed E-state index contributed by atoms with van der Waals surface area (Å²) in [6.45, 7) is 6.57. The van der Waals surface area contributed by atoms with Gasteiger partial charge >= 0.3 is 0 Å². The molecule has 1 N–H and O–H groups in total. The number of piperazine rings is 1. The maximum Gasteiger partial charge on any atom is 0.245 e. The number of nitrogens with one attached hydrogen (secondary N) is 1. The van der Waals surface area contributed by atoms with E-state index < -0.39 is 0 Å². The third-order valence-electron chi connectivity index (χ3n) is 3.88. The number of amides is 2. The van der Waals surface area contributed by atoms with E-state index in [4.69, 9.17) is 0 Å². The van der Waals surface area contributed by atoms with Gasteiger partial charge in [-0.25, -0.2) is 4.98 Å². The van der Waals surface area contributed by atoms with E-state index in [1.54, 1.807) is 22.4 Å². The Morgan fingerprint density at radius 3 is 2.76 bits per heavy atom. The SMILES string of the molecule is CCCC1NC(=O)C(CC)N(CC(C)c2nccs2)C1=O. The maximum absolute atomic E-state index is 12.6. The molecule has 5 nitrogen and oxygen atoms in total. The largest absolute Gasteiger partial charge is 0.343 e. The molecule has 1 aromatic rings. The molecule has 116 valence electrons. The van der Waals surface area contributed by atoms with Crippen molar-refractivity contribution in [2.24, 2.45) is 0 Å². The van der Waals surface area contributed by atoms with Crippen LogP contribution in [0, 0.1) is 0 Å². The molecule has 1 aromatic heterocycles. The predicted molar refractivity (Wildman–Crippen MR) is 83.2 cm³/mol. The molecule has 0 saturated carbocycles. The average Bonchev–Trinajstić information content (AvgIpc) is 2.98. The second-order valence-corrected chi connectivity index (χ2v) is 6.46. The molecule has 3 atom stereocenters. The highest BCUT2D eigenvalue weighted by Gasteiger charge is 2.39. The summed E-state index contributed by atoms with van der Waals surface area (Å²) in [5.74, 6) is 0.171. The van der Waals surface area contributed by atoms with Crippen LogP contribution in [0.15, 0.2) is 11.6 Å². The maximum atomic E-state index is 12.6. The fourth-order valence-electron chi connectivity index (χ4n) is 2.78. The summed E-state index contributed by atoms with van der Waals surface area (Å²) in [5.41, 5.74) is 0. The molecule has 0 aromatic carbocycles. The Morgan fingerprint density at radius 1 is 1.43 bits per heavy atom. The zero-order valence-corrected chi connectivity index (χ0v) is 13.7. The first kappa shape index (κ1) is 15.9. The monoisotopic (exact) mass is 309 g/mol. The highest BCUT2D eigenvalue weighted by molar-refractivity contribution is 7.09. The molecule has 6 heteroatoms. The Labute approximate surface area is 129 Å². The Morgan fingerprint density at radius 2 is 2.19 bits per heavy atom. The van der Waals surface area contributed by atoms with Gasteiger partial charge in [-0.3, -0.25) is 9.59 Å². The van der Waals surface area contributed by atoms with E-state index in [1.165, 1.54) is 0 Å². The highest BCUT2D eigenvalue weighted by Crippen LogP contribution is 2.23. The third-order valence-corrected chi connectivity index (χ3v) is 4.89. The predicted octanol–water partition coefficient (Wildman–Crippen LogP) is 2.15. The fourth-order valence-corrected chi connectivity index (χ4v) is 3.47.